The first-order valence-corrected chi connectivity index (χ1v) is 13.3. The molecule has 4 aromatic rings. The van der Waals surface area contributed by atoms with Gasteiger partial charge >= 0.3 is 0 Å². The van der Waals surface area contributed by atoms with Crippen LogP contribution in [0.2, 0.25) is 0 Å². The summed E-state index contributed by atoms with van der Waals surface area (Å²) in [7, 11) is 4.78. The van der Waals surface area contributed by atoms with Crippen molar-refractivity contribution < 1.29 is 23.7 Å². The van der Waals surface area contributed by atoms with E-state index in [9.17, 15) is 4.79 Å². The summed E-state index contributed by atoms with van der Waals surface area (Å²) in [4.78, 5) is 17.4. The van der Waals surface area contributed by atoms with Crippen LogP contribution < -0.4 is 24.3 Å². The number of amides is 1. The fourth-order valence-electron chi connectivity index (χ4n) is 4.57. The molecule has 1 amide bonds. The highest BCUT2D eigenvalue weighted by molar-refractivity contribution is 5.94. The van der Waals surface area contributed by atoms with Crippen LogP contribution in [0.3, 0.4) is 0 Å². The minimum absolute atomic E-state index is 0.118. The number of para-hydroxylation sites is 4. The van der Waals surface area contributed by atoms with E-state index in [4.69, 9.17) is 23.9 Å². The molecule has 0 atom stereocenters. The predicted octanol–water partition coefficient (Wildman–Crippen LogP) is 5.67. The van der Waals surface area contributed by atoms with Crippen LogP contribution in [0.25, 0.3) is 11.0 Å². The quantitative estimate of drug-likeness (QED) is 0.199. The normalized spacial score (nSPS) is 10.8. The highest BCUT2D eigenvalue weighted by Gasteiger charge is 2.12. The average Bonchev–Trinajstić information content (AvgIpc) is 3.33. The number of aryl methyl sites for hydroxylation is 2. The number of rotatable bonds is 15. The van der Waals surface area contributed by atoms with E-state index >= 15 is 0 Å². The number of nitrogens with one attached hydrogen (secondary N) is 1. The van der Waals surface area contributed by atoms with Crippen LogP contribution in [0.1, 0.15) is 41.9 Å². The third-order valence-corrected chi connectivity index (χ3v) is 6.59. The van der Waals surface area contributed by atoms with E-state index in [1.807, 2.05) is 30.3 Å². The Kier molecular flexibility index (Phi) is 10.1. The zero-order valence-electron chi connectivity index (χ0n) is 22.9. The topological polar surface area (TPSA) is 83.8 Å². The van der Waals surface area contributed by atoms with Gasteiger partial charge in [0.15, 0.2) is 23.0 Å². The fraction of sp³-hybridized carbons (Fsp3) is 0.355. The zero-order chi connectivity index (χ0) is 27.5. The second-order valence-electron chi connectivity index (χ2n) is 9.16. The van der Waals surface area contributed by atoms with E-state index < -0.39 is 0 Å². The van der Waals surface area contributed by atoms with Crippen LogP contribution >= 0.6 is 0 Å². The highest BCUT2D eigenvalue weighted by atomic mass is 16.5. The van der Waals surface area contributed by atoms with Crippen molar-refractivity contribution in [3.8, 4) is 23.0 Å². The van der Waals surface area contributed by atoms with Crippen molar-refractivity contribution in [1.82, 2.24) is 14.9 Å². The van der Waals surface area contributed by atoms with Gasteiger partial charge in [0.1, 0.15) is 5.82 Å². The van der Waals surface area contributed by atoms with Gasteiger partial charge in [-0.1, -0.05) is 30.7 Å². The van der Waals surface area contributed by atoms with Gasteiger partial charge in [0.25, 0.3) is 5.91 Å². The molecule has 0 saturated carbocycles. The van der Waals surface area contributed by atoms with E-state index in [-0.39, 0.29) is 5.91 Å². The first kappa shape index (κ1) is 27.8. The Balaban J connectivity index is 1.25. The molecule has 8 heteroatoms. The molecule has 0 fully saturated rings. The molecule has 8 nitrogen and oxygen atoms in total. The largest absolute Gasteiger partial charge is 0.493 e. The molecule has 0 bridgehead atoms. The Bertz CT molecular complexity index is 1370. The number of aromatic nitrogens is 2. The molecule has 1 aromatic heterocycles. The Hall–Kier alpha value is -4.20. The van der Waals surface area contributed by atoms with Crippen LogP contribution in [-0.4, -0.2) is 49.9 Å². The molecule has 0 aliphatic rings. The summed E-state index contributed by atoms with van der Waals surface area (Å²) in [5.74, 6) is 3.61. The molecule has 0 aliphatic heterocycles. The molecule has 0 saturated heterocycles. The van der Waals surface area contributed by atoms with E-state index in [2.05, 4.69) is 28.1 Å². The molecule has 1 heterocycles. The lowest BCUT2D eigenvalue weighted by Gasteiger charge is -2.12. The zero-order valence-corrected chi connectivity index (χ0v) is 22.9. The van der Waals surface area contributed by atoms with E-state index in [1.165, 1.54) is 0 Å². The van der Waals surface area contributed by atoms with Crippen molar-refractivity contribution in [2.45, 2.75) is 38.6 Å². The minimum atomic E-state index is -0.118. The first-order valence-electron chi connectivity index (χ1n) is 13.3. The Morgan fingerprint density at radius 2 is 1.51 bits per heavy atom. The molecular weight excluding hydrogens is 494 g/mol. The van der Waals surface area contributed by atoms with Gasteiger partial charge in [-0.25, -0.2) is 4.98 Å². The van der Waals surface area contributed by atoms with Crippen molar-refractivity contribution in [2.75, 3.05) is 34.5 Å². The standard InChI is InChI=1S/C31H37N3O5/c1-36-26-14-8-9-15-28(26)39-21-11-20-34-25-13-7-6-12-24(25)33-30(34)16-5-4-10-19-32-31(35)23-17-18-27(37-2)29(22-23)38-3/h6-9,12-15,17-18,22H,4-5,10-11,16,19-21H2,1-3H3,(H,32,35). The maximum absolute atomic E-state index is 12.5. The lowest BCUT2D eigenvalue weighted by atomic mass is 10.1. The first-order chi connectivity index (χ1) is 19.1. The van der Waals surface area contributed by atoms with E-state index in [1.54, 1.807) is 39.5 Å². The van der Waals surface area contributed by atoms with Crippen molar-refractivity contribution in [3.63, 3.8) is 0 Å². The Morgan fingerprint density at radius 3 is 2.31 bits per heavy atom. The van der Waals surface area contributed by atoms with Gasteiger partial charge in [-0.05, 0) is 61.7 Å². The summed E-state index contributed by atoms with van der Waals surface area (Å²) in [5, 5.41) is 3.00. The van der Waals surface area contributed by atoms with Crippen molar-refractivity contribution in [1.29, 1.82) is 0 Å². The lowest BCUT2D eigenvalue weighted by molar-refractivity contribution is 0.0952. The summed E-state index contributed by atoms with van der Waals surface area (Å²) in [6.45, 7) is 2.03. The SMILES string of the molecule is COc1ccc(C(=O)NCCCCCc2nc3ccccc3n2CCCOc2ccccc2OC)cc1OC. The Labute approximate surface area is 229 Å². The van der Waals surface area contributed by atoms with Crippen molar-refractivity contribution >= 4 is 16.9 Å². The average molecular weight is 532 g/mol. The molecule has 1 N–H and O–H groups in total. The number of unbranched alkanes of at least 4 members (excludes halogenated alkanes) is 2. The number of carbonyl (C=O) groups is 1. The van der Waals surface area contributed by atoms with Crippen molar-refractivity contribution in [3.05, 3.63) is 78.1 Å². The van der Waals surface area contributed by atoms with Gasteiger partial charge in [0.2, 0.25) is 0 Å². The second-order valence-corrected chi connectivity index (χ2v) is 9.16. The number of imidazole rings is 1. The van der Waals surface area contributed by atoms with Gasteiger partial charge in [0, 0.05) is 25.1 Å². The van der Waals surface area contributed by atoms with Crippen molar-refractivity contribution in [2.24, 2.45) is 0 Å². The van der Waals surface area contributed by atoms with E-state index in [0.717, 1.165) is 67.0 Å². The summed E-state index contributed by atoms with van der Waals surface area (Å²) in [5.41, 5.74) is 2.71. The molecule has 39 heavy (non-hydrogen) atoms. The van der Waals surface area contributed by atoms with Crippen LogP contribution in [-0.2, 0) is 13.0 Å². The molecule has 4 rings (SSSR count). The molecule has 0 unspecified atom stereocenters. The number of nitrogens with zero attached hydrogens (tertiary/aromatic N) is 2. The predicted molar refractivity (Wildman–Crippen MR) is 152 cm³/mol. The summed E-state index contributed by atoms with van der Waals surface area (Å²) in [6, 6.07) is 21.1. The maximum Gasteiger partial charge on any atom is 0.251 e. The van der Waals surface area contributed by atoms with Crippen LogP contribution in [0.15, 0.2) is 66.7 Å². The third-order valence-electron chi connectivity index (χ3n) is 6.59. The molecular formula is C31H37N3O5. The summed E-state index contributed by atoms with van der Waals surface area (Å²) in [6.07, 6.45) is 4.62. The van der Waals surface area contributed by atoms with Crippen LogP contribution in [0.4, 0.5) is 0 Å². The number of fused-ring (bicyclic) bond motifs is 1. The monoisotopic (exact) mass is 531 g/mol. The number of ether oxygens (including phenoxy) is 4. The van der Waals surface area contributed by atoms with E-state index in [0.29, 0.717) is 30.2 Å². The van der Waals surface area contributed by atoms with Crippen LogP contribution in [0, 0.1) is 0 Å². The Morgan fingerprint density at radius 1 is 0.795 bits per heavy atom. The molecule has 0 spiro atoms. The number of hydrogen-bond donors (Lipinski definition) is 1. The lowest BCUT2D eigenvalue weighted by Crippen LogP contribution is -2.24. The van der Waals surface area contributed by atoms with Gasteiger partial charge in [-0.3, -0.25) is 4.79 Å². The molecule has 206 valence electrons. The maximum atomic E-state index is 12.5. The number of hydrogen-bond acceptors (Lipinski definition) is 6. The smallest absolute Gasteiger partial charge is 0.251 e. The van der Waals surface area contributed by atoms with Gasteiger partial charge in [-0.15, -0.1) is 0 Å². The van der Waals surface area contributed by atoms with Crippen LogP contribution in [0.5, 0.6) is 23.0 Å². The molecule has 0 radical (unpaired) electrons. The summed E-state index contributed by atoms with van der Waals surface area (Å²) >= 11 is 0. The molecule has 0 aliphatic carbocycles. The third kappa shape index (κ3) is 7.22. The summed E-state index contributed by atoms with van der Waals surface area (Å²) < 4.78 is 24.2. The molecule has 3 aromatic carbocycles. The number of carbonyl (C=O) groups excluding carboxylic acids is 1. The number of benzene rings is 3. The van der Waals surface area contributed by atoms with Gasteiger partial charge < -0.3 is 28.8 Å². The minimum Gasteiger partial charge on any atom is -0.493 e. The fourth-order valence-corrected chi connectivity index (χ4v) is 4.57. The van der Waals surface area contributed by atoms with Gasteiger partial charge in [-0.2, -0.15) is 0 Å². The number of methoxy groups -OCH3 is 3. The van der Waals surface area contributed by atoms with Gasteiger partial charge in [0.05, 0.1) is 39.0 Å². The highest BCUT2D eigenvalue weighted by Crippen LogP contribution is 2.28. The second kappa shape index (κ2) is 14.1.